The molecule has 0 aliphatic rings. The second-order valence-corrected chi connectivity index (χ2v) is 4.14. The molecule has 0 saturated carbocycles. The minimum absolute atomic E-state index is 0.00808. The second kappa shape index (κ2) is 13.0. The summed E-state index contributed by atoms with van der Waals surface area (Å²) in [6.07, 6.45) is -1.11. The smallest absolute Gasteiger partial charge is 0.320 e. The van der Waals surface area contributed by atoms with Gasteiger partial charge >= 0.3 is 29.8 Å². The van der Waals surface area contributed by atoms with E-state index < -0.39 is 35.9 Å². The molecule has 0 bridgehead atoms. The van der Waals surface area contributed by atoms with Crippen molar-refractivity contribution in [2.24, 2.45) is 5.73 Å². The first-order valence-corrected chi connectivity index (χ1v) is 6.35. The predicted octanol–water partition coefficient (Wildman–Crippen LogP) is -0.868. The van der Waals surface area contributed by atoms with Crippen molar-refractivity contribution < 1.29 is 49.1 Å². The summed E-state index contributed by atoms with van der Waals surface area (Å²) in [5.74, 6) is -5.08. The topological polar surface area (TPSA) is 202 Å². The van der Waals surface area contributed by atoms with E-state index in [9.17, 15) is 24.0 Å². The van der Waals surface area contributed by atoms with Gasteiger partial charge in [0, 0.05) is 6.42 Å². The van der Waals surface area contributed by atoms with Crippen molar-refractivity contribution in [1.29, 1.82) is 0 Å². The van der Waals surface area contributed by atoms with Gasteiger partial charge in [0.05, 0.1) is 32.3 Å². The molecule has 0 aliphatic heterocycles. The van der Waals surface area contributed by atoms with Crippen molar-refractivity contribution in [2.75, 3.05) is 6.61 Å². The van der Waals surface area contributed by atoms with Crippen LogP contribution in [0, 0.1) is 0 Å². The molecule has 23 heavy (non-hydrogen) atoms. The molecule has 0 aromatic rings. The van der Waals surface area contributed by atoms with Crippen molar-refractivity contribution in [3.8, 4) is 0 Å². The highest BCUT2D eigenvalue weighted by atomic mass is 16.5. The summed E-state index contributed by atoms with van der Waals surface area (Å²) < 4.78 is 4.57. The van der Waals surface area contributed by atoms with E-state index in [1.165, 1.54) is 0 Å². The van der Waals surface area contributed by atoms with E-state index >= 15 is 0 Å². The first-order chi connectivity index (χ1) is 10.6. The van der Waals surface area contributed by atoms with Crippen LogP contribution in [0.15, 0.2) is 0 Å². The number of rotatable bonds is 10. The Hall–Kier alpha value is -2.69. The van der Waals surface area contributed by atoms with Crippen LogP contribution in [0.1, 0.15) is 32.1 Å². The lowest BCUT2D eigenvalue weighted by atomic mass is 10.2. The maximum absolute atomic E-state index is 10.8. The molecule has 6 N–H and O–H groups in total. The fraction of sp³-hybridized carbons (Fsp3) is 0.583. The molecular weight excluding hydrogens is 318 g/mol. The zero-order valence-electron chi connectivity index (χ0n) is 12.1. The zero-order valence-corrected chi connectivity index (χ0v) is 12.1. The Balaban J connectivity index is 0. The van der Waals surface area contributed by atoms with E-state index in [1.54, 1.807) is 0 Å². The van der Waals surface area contributed by atoms with Crippen LogP contribution in [0.5, 0.6) is 0 Å². The molecule has 0 amide bonds. The maximum Gasteiger partial charge on any atom is 0.320 e. The van der Waals surface area contributed by atoms with Crippen molar-refractivity contribution in [2.45, 2.75) is 38.1 Å². The van der Waals surface area contributed by atoms with E-state index in [-0.39, 0.29) is 38.7 Å². The van der Waals surface area contributed by atoms with E-state index in [0.29, 0.717) is 0 Å². The van der Waals surface area contributed by atoms with Crippen LogP contribution in [0.3, 0.4) is 0 Å². The molecule has 0 aromatic carbocycles. The molecule has 0 radical (unpaired) electrons. The highest BCUT2D eigenvalue weighted by Crippen LogP contribution is 1.95. The maximum atomic E-state index is 10.8. The number of aliphatic carboxylic acids is 4. The lowest BCUT2D eigenvalue weighted by molar-refractivity contribution is -0.148. The van der Waals surface area contributed by atoms with Crippen molar-refractivity contribution >= 4 is 29.8 Å². The molecular formula is C12H19NO10. The van der Waals surface area contributed by atoms with Gasteiger partial charge in [-0.25, -0.2) is 0 Å². The largest absolute Gasteiger partial charge is 0.481 e. The number of carboxylic acid groups (broad SMARTS) is 4. The minimum atomic E-state index is -1.17. The summed E-state index contributed by atoms with van der Waals surface area (Å²) in [5.41, 5.74) is 5.14. The average Bonchev–Trinajstić information content (AvgIpc) is 2.43. The molecule has 0 fully saturated rings. The summed E-state index contributed by atoms with van der Waals surface area (Å²) >= 11 is 0. The van der Waals surface area contributed by atoms with Crippen molar-refractivity contribution in [3.05, 3.63) is 0 Å². The first-order valence-electron chi connectivity index (χ1n) is 6.35. The van der Waals surface area contributed by atoms with Crippen molar-refractivity contribution in [1.82, 2.24) is 0 Å². The normalized spacial score (nSPS) is 10.7. The summed E-state index contributed by atoms with van der Waals surface area (Å²) in [5, 5.41) is 32.4. The molecule has 0 unspecified atom stereocenters. The van der Waals surface area contributed by atoms with Gasteiger partial charge in [0.25, 0.3) is 0 Å². The Labute approximate surface area is 130 Å². The number of carbonyl (C=O) groups excluding carboxylic acids is 1. The van der Waals surface area contributed by atoms with Gasteiger partial charge in [-0.05, 0) is 0 Å². The number of carbonyl (C=O) groups is 5. The zero-order chi connectivity index (χ0) is 18.4. The molecule has 132 valence electrons. The molecule has 0 aliphatic carbocycles. The lowest BCUT2D eigenvalue weighted by Gasteiger charge is -2.06. The van der Waals surface area contributed by atoms with Gasteiger partial charge in [0.15, 0.2) is 0 Å². The number of hydrogen-bond acceptors (Lipinski definition) is 7. The Kier molecular flexibility index (Phi) is 12.8. The Bertz CT molecular complexity index is 420. The van der Waals surface area contributed by atoms with Crippen LogP contribution in [0.25, 0.3) is 0 Å². The summed E-state index contributed by atoms with van der Waals surface area (Å²) in [4.78, 5) is 50.4. The van der Waals surface area contributed by atoms with Crippen molar-refractivity contribution in [3.63, 3.8) is 0 Å². The standard InChI is InChI=1S/C8H13NO6.C4H6O4/c9-5(8(13)14)3-4-15-7(12)2-1-6(10)11;5-3(6)1-2-4(7)8/h5H,1-4,9H2,(H,10,11)(H,13,14);1-2H2,(H,5,6)(H,7,8)/t5-;/m0./s1. The van der Waals surface area contributed by atoms with E-state index in [2.05, 4.69) is 4.74 Å². The molecule has 0 rings (SSSR count). The third kappa shape index (κ3) is 19.3. The fourth-order valence-corrected chi connectivity index (χ4v) is 0.918. The average molecular weight is 337 g/mol. The quantitative estimate of drug-likeness (QED) is 0.310. The number of carboxylic acids is 4. The third-order valence-electron chi connectivity index (χ3n) is 2.10. The second-order valence-electron chi connectivity index (χ2n) is 4.14. The van der Waals surface area contributed by atoms with Gasteiger partial charge in [0.2, 0.25) is 0 Å². The molecule has 11 nitrogen and oxygen atoms in total. The highest BCUT2D eigenvalue weighted by Gasteiger charge is 2.12. The van der Waals surface area contributed by atoms with Crippen LogP contribution in [0.4, 0.5) is 0 Å². The van der Waals surface area contributed by atoms with Gasteiger partial charge in [0.1, 0.15) is 6.04 Å². The van der Waals surface area contributed by atoms with Gasteiger partial charge in [-0.3, -0.25) is 24.0 Å². The van der Waals surface area contributed by atoms with Crippen LogP contribution >= 0.6 is 0 Å². The highest BCUT2D eigenvalue weighted by molar-refractivity contribution is 5.76. The SMILES string of the molecule is N[C@@H](CCOC(=O)CCC(=O)O)C(=O)O.O=C(O)CCC(=O)O. The predicted molar refractivity (Wildman–Crippen MR) is 72.6 cm³/mol. The molecule has 11 heteroatoms. The van der Waals surface area contributed by atoms with Crippen LogP contribution < -0.4 is 5.73 Å². The molecule has 1 atom stereocenters. The minimum Gasteiger partial charge on any atom is -0.481 e. The lowest BCUT2D eigenvalue weighted by Crippen LogP contribution is -2.31. The Morgan fingerprint density at radius 2 is 1.17 bits per heavy atom. The number of ether oxygens (including phenoxy) is 1. The molecule has 0 saturated heterocycles. The van der Waals surface area contributed by atoms with E-state index in [1.807, 2.05) is 0 Å². The van der Waals surface area contributed by atoms with Gasteiger partial charge < -0.3 is 30.9 Å². The Morgan fingerprint density at radius 1 is 0.783 bits per heavy atom. The van der Waals surface area contributed by atoms with Crippen LogP contribution in [-0.2, 0) is 28.7 Å². The van der Waals surface area contributed by atoms with E-state index in [0.717, 1.165) is 0 Å². The van der Waals surface area contributed by atoms with Gasteiger partial charge in [-0.2, -0.15) is 0 Å². The summed E-state index contributed by atoms with van der Waals surface area (Å²) in [7, 11) is 0. The fourth-order valence-electron chi connectivity index (χ4n) is 0.918. The molecule has 0 aromatic heterocycles. The monoisotopic (exact) mass is 337 g/mol. The third-order valence-corrected chi connectivity index (χ3v) is 2.10. The molecule has 0 spiro atoms. The first kappa shape index (κ1) is 22.6. The Morgan fingerprint density at radius 3 is 1.52 bits per heavy atom. The number of esters is 1. The number of nitrogens with two attached hydrogens (primary N) is 1. The van der Waals surface area contributed by atoms with Gasteiger partial charge in [-0.1, -0.05) is 0 Å². The van der Waals surface area contributed by atoms with Gasteiger partial charge in [-0.15, -0.1) is 0 Å². The number of hydrogen-bond donors (Lipinski definition) is 5. The van der Waals surface area contributed by atoms with Crippen LogP contribution in [-0.4, -0.2) is 62.9 Å². The van der Waals surface area contributed by atoms with Crippen LogP contribution in [0.2, 0.25) is 0 Å². The molecule has 0 heterocycles. The van der Waals surface area contributed by atoms with E-state index in [4.69, 9.17) is 26.2 Å². The summed E-state index contributed by atoms with van der Waals surface area (Å²) in [6, 6.07) is -1.07. The summed E-state index contributed by atoms with van der Waals surface area (Å²) in [6.45, 7) is -0.119.